The quantitative estimate of drug-likeness (QED) is 0.874. The molecule has 1 heterocycles. The third-order valence-electron chi connectivity index (χ3n) is 4.62. The Balaban J connectivity index is 1.74. The number of urea groups is 1. The Morgan fingerprint density at radius 1 is 1.26 bits per heavy atom. The van der Waals surface area contributed by atoms with Crippen LogP contribution in [0, 0.1) is 12.8 Å². The van der Waals surface area contributed by atoms with E-state index in [0.717, 1.165) is 32.4 Å². The highest BCUT2D eigenvalue weighted by Crippen LogP contribution is 2.23. The molecule has 0 saturated carbocycles. The lowest BCUT2D eigenvalue weighted by Crippen LogP contribution is -2.50. The van der Waals surface area contributed by atoms with Gasteiger partial charge in [0.1, 0.15) is 6.04 Å². The molecule has 1 fully saturated rings. The van der Waals surface area contributed by atoms with Gasteiger partial charge in [-0.25, -0.2) is 4.79 Å². The van der Waals surface area contributed by atoms with E-state index in [1.165, 1.54) is 17.5 Å². The number of benzene rings is 1. The van der Waals surface area contributed by atoms with E-state index in [2.05, 4.69) is 36.5 Å². The summed E-state index contributed by atoms with van der Waals surface area (Å²) in [6.07, 6.45) is 4.32. The summed E-state index contributed by atoms with van der Waals surface area (Å²) >= 11 is 0. The van der Waals surface area contributed by atoms with Crippen molar-refractivity contribution in [2.45, 2.75) is 45.6 Å². The van der Waals surface area contributed by atoms with Gasteiger partial charge >= 0.3 is 6.03 Å². The Morgan fingerprint density at radius 3 is 2.43 bits per heavy atom. The lowest BCUT2D eigenvalue weighted by molar-refractivity contribution is -0.134. The van der Waals surface area contributed by atoms with Gasteiger partial charge in [0.25, 0.3) is 0 Å². The molecule has 0 bridgehead atoms. The molecule has 3 amide bonds. The summed E-state index contributed by atoms with van der Waals surface area (Å²) in [4.78, 5) is 24.9. The van der Waals surface area contributed by atoms with Crippen LogP contribution < -0.4 is 11.1 Å². The van der Waals surface area contributed by atoms with E-state index in [4.69, 9.17) is 5.73 Å². The van der Waals surface area contributed by atoms with Crippen molar-refractivity contribution in [3.05, 3.63) is 35.4 Å². The number of likely N-dealkylation sites (tertiary alicyclic amines) is 1. The number of carbonyl (C=O) groups is 2. The molecule has 1 aromatic carbocycles. The molecular weight excluding hydrogens is 290 g/mol. The molecule has 0 spiro atoms. The van der Waals surface area contributed by atoms with Crippen LogP contribution in [0.25, 0.3) is 0 Å². The van der Waals surface area contributed by atoms with E-state index in [1.54, 1.807) is 6.92 Å². The van der Waals surface area contributed by atoms with Gasteiger partial charge in [-0.2, -0.15) is 0 Å². The van der Waals surface area contributed by atoms with Gasteiger partial charge in [-0.05, 0) is 51.0 Å². The van der Waals surface area contributed by atoms with E-state index >= 15 is 0 Å². The smallest absolute Gasteiger partial charge is 0.312 e. The molecule has 23 heavy (non-hydrogen) atoms. The number of aryl methyl sites for hydroxylation is 2. The van der Waals surface area contributed by atoms with E-state index in [1.807, 2.05) is 4.90 Å². The fourth-order valence-corrected chi connectivity index (χ4v) is 3.12. The normalized spacial score (nSPS) is 16.9. The molecule has 1 aliphatic heterocycles. The summed E-state index contributed by atoms with van der Waals surface area (Å²) in [5.41, 5.74) is 7.74. The van der Waals surface area contributed by atoms with Crippen LogP contribution in [0.5, 0.6) is 0 Å². The second kappa shape index (κ2) is 7.99. The predicted octanol–water partition coefficient (Wildman–Crippen LogP) is 2.22. The minimum absolute atomic E-state index is 0.0409. The molecule has 126 valence electrons. The number of hydrogen-bond acceptors (Lipinski definition) is 2. The van der Waals surface area contributed by atoms with Gasteiger partial charge in [-0.3, -0.25) is 4.79 Å². The van der Waals surface area contributed by atoms with Crippen LogP contribution in [0.3, 0.4) is 0 Å². The number of carbonyl (C=O) groups excluding carboxylic acids is 2. The number of piperidine rings is 1. The molecule has 2 rings (SSSR count). The molecule has 5 nitrogen and oxygen atoms in total. The van der Waals surface area contributed by atoms with Crippen LogP contribution in [0.2, 0.25) is 0 Å². The Kier molecular flexibility index (Phi) is 6.02. The number of nitrogens with one attached hydrogen (secondary N) is 1. The highest BCUT2D eigenvalue weighted by molar-refractivity contribution is 5.86. The van der Waals surface area contributed by atoms with E-state index in [0.29, 0.717) is 5.92 Å². The Bertz CT molecular complexity index is 534. The number of rotatable bonds is 5. The molecule has 1 saturated heterocycles. The average molecular weight is 317 g/mol. The first-order valence-electron chi connectivity index (χ1n) is 8.36. The zero-order valence-corrected chi connectivity index (χ0v) is 14.0. The summed E-state index contributed by atoms with van der Waals surface area (Å²) in [6, 6.07) is 7.51. The van der Waals surface area contributed by atoms with Crippen molar-refractivity contribution in [2.75, 3.05) is 13.1 Å². The van der Waals surface area contributed by atoms with Crippen molar-refractivity contribution < 1.29 is 9.59 Å². The maximum atomic E-state index is 12.2. The second-order valence-electron chi connectivity index (χ2n) is 6.52. The van der Waals surface area contributed by atoms with Crippen molar-refractivity contribution in [1.29, 1.82) is 0 Å². The van der Waals surface area contributed by atoms with Crippen molar-refractivity contribution in [2.24, 2.45) is 11.7 Å². The zero-order valence-electron chi connectivity index (χ0n) is 14.0. The van der Waals surface area contributed by atoms with Crippen LogP contribution >= 0.6 is 0 Å². The standard InChI is InChI=1S/C18H27N3O2/c1-13-3-5-15(6-4-13)7-8-16-9-11-21(12-10-16)17(22)14(2)20-18(19)23/h3-6,14,16H,7-12H2,1-2H3,(H3,19,20,23). The van der Waals surface area contributed by atoms with E-state index < -0.39 is 12.1 Å². The zero-order chi connectivity index (χ0) is 16.8. The second-order valence-corrected chi connectivity index (χ2v) is 6.52. The van der Waals surface area contributed by atoms with Gasteiger partial charge in [0, 0.05) is 13.1 Å². The summed E-state index contributed by atoms with van der Waals surface area (Å²) in [6.45, 7) is 5.31. The molecular formula is C18H27N3O2. The van der Waals surface area contributed by atoms with Crippen LogP contribution in [0.15, 0.2) is 24.3 Å². The maximum absolute atomic E-state index is 12.2. The van der Waals surface area contributed by atoms with Gasteiger partial charge < -0.3 is 16.0 Å². The van der Waals surface area contributed by atoms with Crippen molar-refractivity contribution in [3.63, 3.8) is 0 Å². The topological polar surface area (TPSA) is 75.4 Å². The van der Waals surface area contributed by atoms with Crippen LogP contribution in [-0.4, -0.2) is 36.0 Å². The minimum atomic E-state index is -0.654. The van der Waals surface area contributed by atoms with Gasteiger partial charge in [-0.15, -0.1) is 0 Å². The maximum Gasteiger partial charge on any atom is 0.312 e. The van der Waals surface area contributed by atoms with Crippen LogP contribution in [0.1, 0.15) is 37.3 Å². The molecule has 1 atom stereocenters. The Labute approximate surface area is 138 Å². The first-order valence-corrected chi connectivity index (χ1v) is 8.36. The summed E-state index contributed by atoms with van der Waals surface area (Å²) < 4.78 is 0. The fraction of sp³-hybridized carbons (Fsp3) is 0.556. The third kappa shape index (κ3) is 5.27. The molecule has 5 heteroatoms. The van der Waals surface area contributed by atoms with Gasteiger partial charge in [-0.1, -0.05) is 29.8 Å². The third-order valence-corrected chi connectivity index (χ3v) is 4.62. The number of nitrogens with two attached hydrogens (primary N) is 1. The lowest BCUT2D eigenvalue weighted by atomic mass is 9.90. The predicted molar refractivity (Wildman–Crippen MR) is 91.0 cm³/mol. The highest BCUT2D eigenvalue weighted by Gasteiger charge is 2.26. The van der Waals surface area contributed by atoms with Crippen molar-refractivity contribution in [1.82, 2.24) is 10.2 Å². The lowest BCUT2D eigenvalue weighted by Gasteiger charge is -2.33. The molecule has 1 aliphatic rings. The van der Waals surface area contributed by atoms with Crippen LogP contribution in [0.4, 0.5) is 4.79 Å². The number of nitrogens with zero attached hydrogens (tertiary/aromatic N) is 1. The summed E-state index contributed by atoms with van der Waals surface area (Å²) in [7, 11) is 0. The molecule has 0 aliphatic carbocycles. The van der Waals surface area contributed by atoms with E-state index in [-0.39, 0.29) is 5.91 Å². The highest BCUT2D eigenvalue weighted by atomic mass is 16.2. The van der Waals surface area contributed by atoms with Crippen molar-refractivity contribution >= 4 is 11.9 Å². The molecule has 0 aromatic heterocycles. The summed E-state index contributed by atoms with van der Waals surface area (Å²) in [5, 5.41) is 2.45. The molecule has 1 unspecified atom stereocenters. The number of primary amides is 1. The van der Waals surface area contributed by atoms with E-state index in [9.17, 15) is 9.59 Å². The molecule has 3 N–H and O–H groups in total. The Morgan fingerprint density at radius 2 is 1.87 bits per heavy atom. The first-order chi connectivity index (χ1) is 11.0. The number of amides is 3. The average Bonchev–Trinajstić information content (AvgIpc) is 2.53. The SMILES string of the molecule is Cc1ccc(CCC2CCN(C(=O)C(C)NC(N)=O)CC2)cc1. The van der Waals surface area contributed by atoms with Crippen molar-refractivity contribution in [3.8, 4) is 0 Å². The minimum Gasteiger partial charge on any atom is -0.352 e. The summed E-state index contributed by atoms with van der Waals surface area (Å²) in [5.74, 6) is 0.626. The first kappa shape index (κ1) is 17.3. The Hall–Kier alpha value is -2.04. The van der Waals surface area contributed by atoms with Gasteiger partial charge in [0.15, 0.2) is 0 Å². The monoisotopic (exact) mass is 317 g/mol. The molecule has 1 aromatic rings. The molecule has 0 radical (unpaired) electrons. The number of hydrogen-bond donors (Lipinski definition) is 2. The van der Waals surface area contributed by atoms with Crippen LogP contribution in [-0.2, 0) is 11.2 Å². The van der Waals surface area contributed by atoms with Gasteiger partial charge in [0.2, 0.25) is 5.91 Å². The fourth-order valence-electron chi connectivity index (χ4n) is 3.12. The largest absolute Gasteiger partial charge is 0.352 e. The van der Waals surface area contributed by atoms with Gasteiger partial charge in [0.05, 0.1) is 0 Å².